The Morgan fingerprint density at radius 2 is 1.40 bits per heavy atom. The van der Waals surface area contributed by atoms with Gasteiger partial charge in [0, 0.05) is 10.0 Å². The molecule has 0 radical (unpaired) electrons. The highest BCUT2D eigenvalue weighted by Gasteiger charge is 2.23. The number of amides is 1. The first-order valence-corrected chi connectivity index (χ1v) is 13.9. The summed E-state index contributed by atoms with van der Waals surface area (Å²) in [4.78, 5) is 25.6. The fraction of sp³-hybridized carbons (Fsp3) is 0.156. The van der Waals surface area contributed by atoms with Gasteiger partial charge in [0.05, 0.1) is 25.5 Å². The summed E-state index contributed by atoms with van der Waals surface area (Å²) in [6, 6.07) is 24.4. The molecule has 0 fully saturated rings. The predicted octanol–water partition coefficient (Wildman–Crippen LogP) is 6.94. The van der Waals surface area contributed by atoms with Crippen LogP contribution in [0.15, 0.2) is 96.1 Å². The van der Waals surface area contributed by atoms with E-state index >= 15 is 0 Å². The molecule has 0 unspecified atom stereocenters. The van der Waals surface area contributed by atoms with Gasteiger partial charge in [0.15, 0.2) is 11.5 Å². The first kappa shape index (κ1) is 31.2. The highest BCUT2D eigenvalue weighted by atomic mass is 35.5. The van der Waals surface area contributed by atoms with Gasteiger partial charge in [-0.25, -0.2) is 10.2 Å². The van der Waals surface area contributed by atoms with Gasteiger partial charge in [0.1, 0.15) is 17.2 Å². The summed E-state index contributed by atoms with van der Waals surface area (Å²) in [5, 5.41) is 5.04. The first-order valence-electron chi connectivity index (χ1n) is 13.1. The molecule has 0 saturated heterocycles. The number of carbonyl (C=O) groups is 2. The fourth-order valence-corrected chi connectivity index (χ4v) is 3.79. The van der Waals surface area contributed by atoms with Crippen LogP contribution in [-0.4, -0.2) is 38.1 Å². The Balaban J connectivity index is 1.41. The zero-order valence-electron chi connectivity index (χ0n) is 23.3. The Hall–Kier alpha value is -4.73. The number of rotatable bonds is 13. The average Bonchev–Trinajstić information content (AvgIpc) is 3.02. The van der Waals surface area contributed by atoms with Crippen molar-refractivity contribution in [2.45, 2.75) is 19.6 Å². The molecule has 43 heavy (non-hydrogen) atoms. The molecule has 0 aliphatic heterocycles. The molecule has 11 heteroatoms. The summed E-state index contributed by atoms with van der Waals surface area (Å²) in [6.45, 7) is 2.61. The van der Waals surface area contributed by atoms with Crippen molar-refractivity contribution < 1.29 is 33.3 Å². The normalized spacial score (nSPS) is 10.8. The topological polar surface area (TPSA) is 105 Å². The number of carbonyl (C=O) groups excluding carboxylic acids is 2. The lowest BCUT2D eigenvalue weighted by atomic mass is 10.2. The van der Waals surface area contributed by atoms with Crippen LogP contribution in [0.4, 0.5) is 0 Å². The summed E-state index contributed by atoms with van der Waals surface area (Å²) in [5.74, 6) is 0.669. The quantitative estimate of drug-likeness (QED) is 0.0566. The Bertz CT molecular complexity index is 1500. The van der Waals surface area contributed by atoms with E-state index < -0.39 is 18.2 Å². The lowest BCUT2D eigenvalue weighted by molar-refractivity contribution is -0.140. The van der Waals surface area contributed by atoms with Crippen LogP contribution in [0.5, 0.6) is 28.7 Å². The van der Waals surface area contributed by atoms with Gasteiger partial charge in [-0.1, -0.05) is 30.1 Å². The molecule has 0 aliphatic rings. The number of benzene rings is 4. The minimum atomic E-state index is -1.39. The van der Waals surface area contributed by atoms with Gasteiger partial charge in [0.25, 0.3) is 0 Å². The molecule has 0 bridgehead atoms. The monoisotopic (exact) mass is 622 g/mol. The molecular formula is C32H28Cl2N2O7. The average molecular weight is 623 g/mol. The van der Waals surface area contributed by atoms with Gasteiger partial charge in [-0.3, -0.25) is 4.79 Å². The highest BCUT2D eigenvalue weighted by molar-refractivity contribution is 6.30. The molecule has 1 amide bonds. The third kappa shape index (κ3) is 9.39. The molecule has 9 nitrogen and oxygen atoms in total. The van der Waals surface area contributed by atoms with Crippen molar-refractivity contribution in [1.29, 1.82) is 0 Å². The van der Waals surface area contributed by atoms with Crippen LogP contribution in [-0.2, 0) is 4.79 Å². The van der Waals surface area contributed by atoms with Crippen LogP contribution in [0.25, 0.3) is 0 Å². The van der Waals surface area contributed by atoms with Crippen molar-refractivity contribution in [3.8, 4) is 28.7 Å². The lowest BCUT2D eigenvalue weighted by Gasteiger charge is -2.19. The van der Waals surface area contributed by atoms with Crippen LogP contribution in [0.1, 0.15) is 29.3 Å². The molecule has 1 N–H and O–H groups in total. The zero-order chi connectivity index (χ0) is 30.6. The van der Waals surface area contributed by atoms with Gasteiger partial charge in [-0.05, 0) is 103 Å². The highest BCUT2D eigenvalue weighted by Crippen LogP contribution is 2.29. The van der Waals surface area contributed by atoms with E-state index in [-0.39, 0.29) is 5.75 Å². The second-order valence-electron chi connectivity index (χ2n) is 8.88. The number of hydrazone groups is 1. The third-order valence-corrected chi connectivity index (χ3v) is 6.17. The zero-order valence-corrected chi connectivity index (χ0v) is 24.8. The first-order chi connectivity index (χ1) is 20.8. The Labute approximate surface area is 258 Å². The number of hydrogen-bond acceptors (Lipinski definition) is 8. The number of nitrogens with one attached hydrogen (secondary N) is 1. The summed E-state index contributed by atoms with van der Waals surface area (Å²) in [5.41, 5.74) is 3.32. The fourth-order valence-electron chi connectivity index (χ4n) is 3.54. The maximum Gasteiger partial charge on any atom is 0.343 e. The minimum Gasteiger partial charge on any atom is -0.494 e. The second-order valence-corrected chi connectivity index (χ2v) is 9.76. The van der Waals surface area contributed by atoms with E-state index in [9.17, 15) is 9.59 Å². The number of ether oxygens (including phenoxy) is 5. The number of methoxy groups -OCH3 is 1. The number of nitrogens with zero attached hydrogens (tertiary/aromatic N) is 1. The standard InChI is InChI=1S/C32H28Cl2N2O7/c1-3-18-40-25-11-5-22(6-12-25)31(38)43-28-17-4-21(19-29(28)39-2)20-35-36-30(37)32(41-26-13-7-23(33)8-14-26)42-27-15-9-24(34)10-16-27/h4-17,19-20,32H,3,18H2,1-2H3,(H,36,37)/b35-20-. The van der Waals surface area contributed by atoms with E-state index in [0.29, 0.717) is 50.8 Å². The third-order valence-electron chi connectivity index (χ3n) is 5.67. The molecule has 4 aromatic carbocycles. The van der Waals surface area contributed by atoms with E-state index in [1.807, 2.05) is 6.92 Å². The summed E-state index contributed by atoms with van der Waals surface area (Å²) < 4.78 is 28.0. The van der Waals surface area contributed by atoms with E-state index in [1.54, 1.807) is 91.0 Å². The Morgan fingerprint density at radius 1 is 0.814 bits per heavy atom. The van der Waals surface area contributed by atoms with Gasteiger partial charge < -0.3 is 23.7 Å². The van der Waals surface area contributed by atoms with Crippen LogP contribution in [0, 0.1) is 0 Å². The largest absolute Gasteiger partial charge is 0.494 e. The molecule has 222 valence electrons. The van der Waals surface area contributed by atoms with Crippen molar-refractivity contribution in [2.75, 3.05) is 13.7 Å². The maximum atomic E-state index is 13.0. The molecule has 4 aromatic rings. The van der Waals surface area contributed by atoms with Gasteiger partial charge >= 0.3 is 18.2 Å². The molecule has 0 aromatic heterocycles. The van der Waals surface area contributed by atoms with Crippen LogP contribution in [0.3, 0.4) is 0 Å². The van der Waals surface area contributed by atoms with Crippen LogP contribution >= 0.6 is 23.2 Å². The molecule has 0 atom stereocenters. The minimum absolute atomic E-state index is 0.216. The smallest absolute Gasteiger partial charge is 0.343 e. The van der Waals surface area contributed by atoms with Crippen LogP contribution < -0.4 is 29.1 Å². The number of hydrogen-bond donors (Lipinski definition) is 1. The molecule has 0 saturated carbocycles. The maximum absolute atomic E-state index is 13.0. The molecule has 4 rings (SSSR count). The molecule has 0 aliphatic carbocycles. The Morgan fingerprint density at radius 3 is 1.95 bits per heavy atom. The van der Waals surface area contributed by atoms with Crippen molar-refractivity contribution in [2.24, 2.45) is 5.10 Å². The molecule has 0 heterocycles. The summed E-state index contributed by atoms with van der Waals surface area (Å²) >= 11 is 11.9. The van der Waals surface area contributed by atoms with Gasteiger partial charge in [-0.2, -0.15) is 5.10 Å². The lowest BCUT2D eigenvalue weighted by Crippen LogP contribution is -2.40. The summed E-state index contributed by atoms with van der Waals surface area (Å²) in [7, 11) is 1.45. The van der Waals surface area contributed by atoms with Crippen molar-refractivity contribution >= 4 is 41.3 Å². The van der Waals surface area contributed by atoms with E-state index in [2.05, 4.69) is 10.5 Å². The van der Waals surface area contributed by atoms with Gasteiger partial charge in [-0.15, -0.1) is 0 Å². The molecule has 0 spiro atoms. The Kier molecular flexibility index (Phi) is 11.2. The molecular weight excluding hydrogens is 595 g/mol. The summed E-state index contributed by atoms with van der Waals surface area (Å²) in [6.07, 6.45) is 0.889. The van der Waals surface area contributed by atoms with E-state index in [4.69, 9.17) is 46.9 Å². The van der Waals surface area contributed by atoms with E-state index in [0.717, 1.165) is 6.42 Å². The van der Waals surface area contributed by atoms with Crippen molar-refractivity contribution in [3.63, 3.8) is 0 Å². The number of halogens is 2. The SMILES string of the molecule is CCCOc1ccc(C(=O)Oc2ccc(/C=N\NC(=O)C(Oc3ccc(Cl)cc3)Oc3ccc(Cl)cc3)cc2OC)cc1. The predicted molar refractivity (Wildman–Crippen MR) is 164 cm³/mol. The van der Waals surface area contributed by atoms with Crippen molar-refractivity contribution in [3.05, 3.63) is 112 Å². The van der Waals surface area contributed by atoms with Crippen LogP contribution in [0.2, 0.25) is 10.0 Å². The number of esters is 1. The van der Waals surface area contributed by atoms with E-state index in [1.165, 1.54) is 13.3 Å². The second kappa shape index (κ2) is 15.5. The van der Waals surface area contributed by atoms with Gasteiger partial charge in [0.2, 0.25) is 0 Å². The van der Waals surface area contributed by atoms with Crippen molar-refractivity contribution in [1.82, 2.24) is 5.43 Å².